The Morgan fingerprint density at radius 3 is 2.30 bits per heavy atom. The molecular weight excluding hydrogens is 404 g/mol. The summed E-state index contributed by atoms with van der Waals surface area (Å²) in [6, 6.07) is 0. The number of fused-ring (bicyclic) bond motifs is 1. The summed E-state index contributed by atoms with van der Waals surface area (Å²) >= 11 is 0. The van der Waals surface area contributed by atoms with Gasteiger partial charge in [-0.05, 0) is 12.8 Å². The quantitative estimate of drug-likeness (QED) is 0.314. The van der Waals surface area contributed by atoms with Gasteiger partial charge in [-0.15, -0.1) is 0 Å². The van der Waals surface area contributed by atoms with E-state index in [1.807, 2.05) is 0 Å². The van der Waals surface area contributed by atoms with Crippen molar-refractivity contribution in [2.24, 2.45) is 5.92 Å². The molecule has 13 nitrogen and oxygen atoms in total. The third-order valence-corrected chi connectivity index (χ3v) is 4.58. The van der Waals surface area contributed by atoms with Gasteiger partial charge in [0.15, 0.2) is 11.5 Å². The molecule has 0 unspecified atom stereocenters. The molecule has 2 heterocycles. The summed E-state index contributed by atoms with van der Waals surface area (Å²) in [6.07, 6.45) is 3.83. The molecule has 0 aliphatic carbocycles. The lowest BCUT2D eigenvalue weighted by Gasteiger charge is -2.18. The van der Waals surface area contributed by atoms with Crippen LogP contribution in [0.1, 0.15) is 12.8 Å². The van der Waals surface area contributed by atoms with Gasteiger partial charge in [0.2, 0.25) is 0 Å². The number of nitrogens with zero attached hydrogens (tertiary/aromatic N) is 4. The molecule has 15 heteroatoms. The van der Waals surface area contributed by atoms with Crippen molar-refractivity contribution in [1.29, 1.82) is 0 Å². The van der Waals surface area contributed by atoms with Crippen molar-refractivity contribution in [3.8, 4) is 0 Å². The van der Waals surface area contributed by atoms with Crippen LogP contribution in [0.4, 0.5) is 5.82 Å². The van der Waals surface area contributed by atoms with Crippen molar-refractivity contribution < 1.29 is 37.8 Å². The van der Waals surface area contributed by atoms with Gasteiger partial charge in [-0.2, -0.15) is 0 Å². The van der Waals surface area contributed by atoms with Gasteiger partial charge in [0.05, 0.1) is 19.5 Å². The van der Waals surface area contributed by atoms with Crippen LogP contribution in [0.15, 0.2) is 12.7 Å². The predicted octanol–water partition coefficient (Wildman–Crippen LogP) is 0.483. The number of rotatable bonds is 11. The molecule has 0 radical (unpaired) electrons. The van der Waals surface area contributed by atoms with E-state index in [0.29, 0.717) is 36.4 Å². The summed E-state index contributed by atoms with van der Waals surface area (Å²) in [6.45, 7) is -0.332. The molecule has 0 atom stereocenters. The number of aromatic nitrogens is 4. The van der Waals surface area contributed by atoms with Gasteiger partial charge in [-0.25, -0.2) is 24.1 Å². The van der Waals surface area contributed by atoms with Crippen LogP contribution in [0, 0.1) is 5.92 Å². The average molecular weight is 425 g/mol. The van der Waals surface area contributed by atoms with E-state index < -0.39 is 34.8 Å². The zero-order chi connectivity index (χ0) is 20.1. The number of nitrogens with one attached hydrogen (secondary N) is 1. The second kappa shape index (κ2) is 9.18. The average Bonchev–Trinajstić information content (AvgIpc) is 2.98. The van der Waals surface area contributed by atoms with Crippen LogP contribution in [-0.4, -0.2) is 59.4 Å². The smallest absolute Gasteiger partial charge is 0.371 e. The number of aryl methyl sites for hydroxylation is 1. The number of anilines is 1. The Morgan fingerprint density at radius 2 is 1.74 bits per heavy atom. The molecule has 0 aliphatic heterocycles. The Balaban J connectivity index is 1.97. The van der Waals surface area contributed by atoms with E-state index >= 15 is 0 Å². The van der Waals surface area contributed by atoms with Gasteiger partial charge in [0.25, 0.3) is 0 Å². The van der Waals surface area contributed by atoms with E-state index in [1.54, 1.807) is 17.9 Å². The number of phosphoric ester groups is 2. The van der Waals surface area contributed by atoms with Crippen molar-refractivity contribution in [1.82, 2.24) is 19.5 Å². The van der Waals surface area contributed by atoms with Crippen LogP contribution in [0.3, 0.4) is 0 Å². The van der Waals surface area contributed by atoms with E-state index in [2.05, 4.69) is 29.3 Å². The van der Waals surface area contributed by atoms with E-state index in [4.69, 9.17) is 19.6 Å². The maximum Gasteiger partial charge on any atom is 0.469 e. The van der Waals surface area contributed by atoms with Crippen LogP contribution in [0.5, 0.6) is 0 Å². The molecule has 2 aromatic heterocycles. The third kappa shape index (κ3) is 7.24. The largest absolute Gasteiger partial charge is 0.469 e. The summed E-state index contributed by atoms with van der Waals surface area (Å²) in [7, 11) is -7.67. The standard InChI is InChI=1S/C12H21N5O8P2/c1-13-11-10-12(15-7-14-11)17(8-16-10)4-2-3-9(5-24-26(18,19)20)6-25-27(21,22)23/h7-9H,2-6H2,1H3,(H,13,14,15)(H2,18,19,20)(H2,21,22,23). The Labute approximate surface area is 154 Å². The first kappa shape index (κ1) is 21.9. The summed E-state index contributed by atoms with van der Waals surface area (Å²) < 4.78 is 32.3. The lowest BCUT2D eigenvalue weighted by atomic mass is 10.1. The van der Waals surface area contributed by atoms with Crippen molar-refractivity contribution in [3.05, 3.63) is 12.7 Å². The van der Waals surface area contributed by atoms with Gasteiger partial charge in [-0.3, -0.25) is 9.05 Å². The van der Waals surface area contributed by atoms with E-state index in [1.165, 1.54) is 6.33 Å². The summed E-state index contributed by atoms with van der Waals surface area (Å²) in [5.74, 6) is -0.0377. The Hall–Kier alpha value is -1.43. The maximum absolute atomic E-state index is 10.8. The minimum absolute atomic E-state index is 0.337. The molecule has 0 amide bonds. The molecule has 152 valence electrons. The Kier molecular flexibility index (Phi) is 7.43. The highest BCUT2D eigenvalue weighted by Crippen LogP contribution is 2.39. The molecule has 27 heavy (non-hydrogen) atoms. The van der Waals surface area contributed by atoms with Crippen LogP contribution in [0.25, 0.3) is 11.2 Å². The van der Waals surface area contributed by atoms with E-state index in [-0.39, 0.29) is 0 Å². The molecule has 0 aliphatic rings. The lowest BCUT2D eigenvalue weighted by molar-refractivity contribution is 0.112. The van der Waals surface area contributed by atoms with E-state index in [0.717, 1.165) is 0 Å². The predicted molar refractivity (Wildman–Crippen MR) is 93.6 cm³/mol. The Bertz CT molecular complexity index is 823. The number of phosphoric acid groups is 2. The zero-order valence-electron chi connectivity index (χ0n) is 14.4. The maximum atomic E-state index is 10.8. The first-order valence-electron chi connectivity index (χ1n) is 7.83. The minimum Gasteiger partial charge on any atom is -0.371 e. The first-order valence-corrected chi connectivity index (χ1v) is 10.9. The second-order valence-corrected chi connectivity index (χ2v) is 8.14. The highest BCUT2D eigenvalue weighted by molar-refractivity contribution is 7.46. The molecule has 5 N–H and O–H groups in total. The fourth-order valence-corrected chi connectivity index (χ4v) is 3.21. The van der Waals surface area contributed by atoms with Crippen molar-refractivity contribution in [3.63, 3.8) is 0 Å². The number of imidazole rings is 1. The fraction of sp³-hybridized carbons (Fsp3) is 0.583. The number of hydrogen-bond donors (Lipinski definition) is 5. The molecule has 0 aromatic carbocycles. The summed E-state index contributed by atoms with van der Waals surface area (Å²) in [4.78, 5) is 47.7. The minimum atomic E-state index is -4.69. The number of hydrogen-bond acceptors (Lipinski definition) is 8. The monoisotopic (exact) mass is 425 g/mol. The lowest BCUT2D eigenvalue weighted by Crippen LogP contribution is -2.16. The molecule has 0 fully saturated rings. The van der Waals surface area contributed by atoms with Gasteiger partial charge >= 0.3 is 15.6 Å². The molecule has 2 rings (SSSR count). The normalized spacial score (nSPS) is 12.8. The van der Waals surface area contributed by atoms with Crippen LogP contribution >= 0.6 is 15.6 Å². The topological polar surface area (TPSA) is 189 Å². The molecule has 0 bridgehead atoms. The van der Waals surface area contributed by atoms with Crippen molar-refractivity contribution in [2.45, 2.75) is 19.4 Å². The third-order valence-electron chi connectivity index (χ3n) is 3.61. The fourth-order valence-electron chi connectivity index (χ4n) is 2.40. The van der Waals surface area contributed by atoms with Crippen molar-refractivity contribution in [2.75, 3.05) is 25.6 Å². The van der Waals surface area contributed by atoms with Gasteiger partial charge in [0, 0.05) is 19.5 Å². The molecular formula is C12H21N5O8P2. The summed E-state index contributed by atoms with van der Waals surface area (Å²) in [5, 5.41) is 2.91. The second-order valence-electron chi connectivity index (χ2n) is 5.66. The Morgan fingerprint density at radius 1 is 1.11 bits per heavy atom. The molecule has 0 saturated heterocycles. The van der Waals surface area contributed by atoms with Crippen molar-refractivity contribution >= 4 is 32.6 Å². The van der Waals surface area contributed by atoms with Gasteiger partial charge < -0.3 is 29.5 Å². The van der Waals surface area contributed by atoms with Crippen LogP contribution in [0.2, 0.25) is 0 Å². The first-order chi connectivity index (χ1) is 12.6. The SMILES string of the molecule is CNc1ncnc2c1ncn2CCCC(COP(=O)(O)O)COP(=O)(O)O. The van der Waals surface area contributed by atoms with Crippen LogP contribution < -0.4 is 5.32 Å². The molecule has 2 aromatic rings. The van der Waals surface area contributed by atoms with E-state index in [9.17, 15) is 9.13 Å². The molecule has 0 spiro atoms. The molecule has 0 saturated carbocycles. The summed E-state index contributed by atoms with van der Waals surface area (Å²) in [5.41, 5.74) is 1.22. The van der Waals surface area contributed by atoms with Crippen LogP contribution in [-0.2, 0) is 24.7 Å². The highest BCUT2D eigenvalue weighted by Gasteiger charge is 2.22. The highest BCUT2D eigenvalue weighted by atomic mass is 31.2. The van der Waals surface area contributed by atoms with Gasteiger partial charge in [0.1, 0.15) is 11.8 Å². The van der Waals surface area contributed by atoms with Gasteiger partial charge in [-0.1, -0.05) is 0 Å². The zero-order valence-corrected chi connectivity index (χ0v) is 16.2.